The molecule has 0 radical (unpaired) electrons. The summed E-state index contributed by atoms with van der Waals surface area (Å²) in [6.45, 7) is 6.47. The molecule has 0 aliphatic carbocycles. The van der Waals surface area contributed by atoms with Gasteiger partial charge in [0.15, 0.2) is 0 Å². The van der Waals surface area contributed by atoms with Gasteiger partial charge in [-0.3, -0.25) is 4.57 Å². The topological polar surface area (TPSA) is 86.8 Å². The van der Waals surface area contributed by atoms with Gasteiger partial charge in [0.1, 0.15) is 11.6 Å². The van der Waals surface area contributed by atoms with E-state index in [0.29, 0.717) is 18.1 Å². The van der Waals surface area contributed by atoms with E-state index in [2.05, 4.69) is 11.4 Å². The van der Waals surface area contributed by atoms with E-state index in [9.17, 15) is 10.4 Å². The van der Waals surface area contributed by atoms with E-state index in [4.69, 9.17) is 9.97 Å². The number of nitriles is 1. The molecule has 6 heteroatoms. The zero-order valence-electron chi connectivity index (χ0n) is 16.6. The van der Waals surface area contributed by atoms with Gasteiger partial charge >= 0.3 is 0 Å². The maximum absolute atomic E-state index is 9.67. The molecule has 0 unspecified atom stereocenters. The summed E-state index contributed by atoms with van der Waals surface area (Å²) in [6, 6.07) is 17.0. The number of fused-ring (bicyclic) bond motifs is 1. The number of phenols is 1. The molecule has 4 aromatic rings. The van der Waals surface area contributed by atoms with Crippen molar-refractivity contribution in [2.75, 3.05) is 5.32 Å². The van der Waals surface area contributed by atoms with Crippen LogP contribution in [0.2, 0.25) is 0 Å². The number of hydrogen-bond donors (Lipinski definition) is 2. The maximum Gasteiger partial charge on any atom is 0.236 e. The minimum absolute atomic E-state index is 0.239. The zero-order chi connectivity index (χ0) is 20.5. The fourth-order valence-electron chi connectivity index (χ4n) is 3.46. The van der Waals surface area contributed by atoms with Gasteiger partial charge in [0, 0.05) is 28.9 Å². The second kappa shape index (κ2) is 7.28. The molecule has 2 N–H and O–H groups in total. The lowest BCUT2D eigenvalue weighted by atomic mass is 10.1. The predicted octanol–water partition coefficient (Wildman–Crippen LogP) is 4.54. The van der Waals surface area contributed by atoms with Crippen molar-refractivity contribution in [2.24, 2.45) is 0 Å². The molecule has 0 fully saturated rings. The molecule has 29 heavy (non-hydrogen) atoms. The van der Waals surface area contributed by atoms with Crippen molar-refractivity contribution in [2.45, 2.75) is 27.3 Å². The van der Waals surface area contributed by atoms with Gasteiger partial charge in [0.05, 0.1) is 17.1 Å². The van der Waals surface area contributed by atoms with Gasteiger partial charge in [-0.25, -0.2) is 4.98 Å². The highest BCUT2D eigenvalue weighted by molar-refractivity contribution is 5.88. The Morgan fingerprint density at radius 2 is 1.86 bits per heavy atom. The Morgan fingerprint density at radius 1 is 1.07 bits per heavy atom. The van der Waals surface area contributed by atoms with Crippen LogP contribution in [0.4, 0.5) is 5.82 Å². The van der Waals surface area contributed by atoms with Crippen LogP contribution in [-0.2, 0) is 6.54 Å². The van der Waals surface area contributed by atoms with Crippen LogP contribution >= 0.6 is 0 Å². The second-order valence-corrected chi connectivity index (χ2v) is 7.08. The average Bonchev–Trinajstić information content (AvgIpc) is 3.05. The summed E-state index contributed by atoms with van der Waals surface area (Å²) in [5.41, 5.74) is 5.32. The SMILES string of the molecule is Cc1nc(-n2c(C)cc3c(C#N)cccc32)nc(NCc2cccc(O)c2)c1C. The van der Waals surface area contributed by atoms with Gasteiger partial charge < -0.3 is 10.4 Å². The van der Waals surface area contributed by atoms with Crippen molar-refractivity contribution in [3.63, 3.8) is 0 Å². The molecule has 6 nitrogen and oxygen atoms in total. The number of rotatable bonds is 4. The van der Waals surface area contributed by atoms with Crippen molar-refractivity contribution >= 4 is 16.7 Å². The molecule has 0 aliphatic heterocycles. The van der Waals surface area contributed by atoms with Crippen molar-refractivity contribution in [1.82, 2.24) is 14.5 Å². The van der Waals surface area contributed by atoms with Crippen LogP contribution in [0.1, 0.15) is 28.1 Å². The van der Waals surface area contributed by atoms with E-state index < -0.39 is 0 Å². The lowest BCUT2D eigenvalue weighted by Gasteiger charge is -2.14. The standard InChI is InChI=1S/C23H21N5O/c1-14-10-20-18(12-24)7-5-9-21(20)28(14)23-26-16(3)15(2)22(27-23)25-13-17-6-4-8-19(29)11-17/h4-11,29H,13H2,1-3H3,(H,25,26,27). The summed E-state index contributed by atoms with van der Waals surface area (Å²) < 4.78 is 1.97. The minimum atomic E-state index is 0.239. The number of nitrogens with zero attached hydrogens (tertiary/aromatic N) is 4. The third-order valence-corrected chi connectivity index (χ3v) is 5.10. The molecule has 0 atom stereocenters. The van der Waals surface area contributed by atoms with Crippen LogP contribution in [0.3, 0.4) is 0 Å². The number of benzene rings is 2. The number of phenolic OH excluding ortho intramolecular Hbond substituents is 1. The molecule has 0 amide bonds. The van der Waals surface area contributed by atoms with Crippen molar-refractivity contribution in [3.05, 3.63) is 76.6 Å². The average molecular weight is 383 g/mol. The molecular formula is C23H21N5O. The Hall–Kier alpha value is -3.85. The van der Waals surface area contributed by atoms with E-state index in [1.165, 1.54) is 0 Å². The van der Waals surface area contributed by atoms with E-state index in [0.717, 1.165) is 39.2 Å². The molecule has 2 aromatic carbocycles. The molecule has 0 saturated carbocycles. The van der Waals surface area contributed by atoms with Crippen LogP contribution in [-0.4, -0.2) is 19.6 Å². The van der Waals surface area contributed by atoms with E-state index in [1.807, 2.05) is 61.7 Å². The van der Waals surface area contributed by atoms with E-state index in [1.54, 1.807) is 12.1 Å². The molecule has 0 aliphatic rings. The Morgan fingerprint density at radius 3 is 2.62 bits per heavy atom. The summed E-state index contributed by atoms with van der Waals surface area (Å²) in [5.74, 6) is 1.55. The zero-order valence-corrected chi connectivity index (χ0v) is 16.6. The molecule has 2 heterocycles. The van der Waals surface area contributed by atoms with Crippen LogP contribution < -0.4 is 5.32 Å². The van der Waals surface area contributed by atoms with Crippen LogP contribution in [0, 0.1) is 32.1 Å². The smallest absolute Gasteiger partial charge is 0.236 e. The lowest BCUT2D eigenvalue weighted by molar-refractivity contribution is 0.474. The van der Waals surface area contributed by atoms with Crippen molar-refractivity contribution < 1.29 is 5.11 Å². The van der Waals surface area contributed by atoms with E-state index in [-0.39, 0.29) is 5.75 Å². The molecule has 4 rings (SSSR count). The van der Waals surface area contributed by atoms with Crippen LogP contribution in [0.25, 0.3) is 16.9 Å². The highest BCUT2D eigenvalue weighted by atomic mass is 16.3. The summed E-state index contributed by atoms with van der Waals surface area (Å²) in [6.07, 6.45) is 0. The summed E-state index contributed by atoms with van der Waals surface area (Å²) in [7, 11) is 0. The first kappa shape index (κ1) is 18.5. The third kappa shape index (κ3) is 3.39. The molecule has 144 valence electrons. The van der Waals surface area contributed by atoms with Gasteiger partial charge in [-0.1, -0.05) is 18.2 Å². The fourth-order valence-corrected chi connectivity index (χ4v) is 3.46. The van der Waals surface area contributed by atoms with Gasteiger partial charge in [0.2, 0.25) is 5.95 Å². The summed E-state index contributed by atoms with van der Waals surface area (Å²) >= 11 is 0. The highest BCUT2D eigenvalue weighted by Gasteiger charge is 2.15. The summed E-state index contributed by atoms with van der Waals surface area (Å²) in [4.78, 5) is 9.48. The molecule has 0 saturated heterocycles. The predicted molar refractivity (Wildman–Crippen MR) is 113 cm³/mol. The quantitative estimate of drug-likeness (QED) is 0.540. The third-order valence-electron chi connectivity index (χ3n) is 5.10. The van der Waals surface area contributed by atoms with Crippen molar-refractivity contribution in [3.8, 4) is 17.8 Å². The number of nitrogens with one attached hydrogen (secondary N) is 1. The number of aromatic hydroxyl groups is 1. The fraction of sp³-hybridized carbons (Fsp3) is 0.174. The minimum Gasteiger partial charge on any atom is -0.508 e. The van der Waals surface area contributed by atoms with Gasteiger partial charge in [0.25, 0.3) is 0 Å². The number of aryl methyl sites for hydroxylation is 2. The van der Waals surface area contributed by atoms with Gasteiger partial charge in [-0.15, -0.1) is 0 Å². The Kier molecular flexibility index (Phi) is 4.65. The van der Waals surface area contributed by atoms with Gasteiger partial charge in [-0.2, -0.15) is 10.2 Å². The highest BCUT2D eigenvalue weighted by Crippen LogP contribution is 2.27. The summed E-state index contributed by atoms with van der Waals surface area (Å²) in [5, 5.41) is 23.3. The number of hydrogen-bond acceptors (Lipinski definition) is 5. The lowest BCUT2D eigenvalue weighted by Crippen LogP contribution is -2.10. The molecule has 2 aromatic heterocycles. The first-order valence-corrected chi connectivity index (χ1v) is 9.36. The van der Waals surface area contributed by atoms with Crippen LogP contribution in [0.5, 0.6) is 5.75 Å². The monoisotopic (exact) mass is 383 g/mol. The molecule has 0 bridgehead atoms. The van der Waals surface area contributed by atoms with Gasteiger partial charge in [-0.05, 0) is 56.7 Å². The van der Waals surface area contributed by atoms with Crippen molar-refractivity contribution in [1.29, 1.82) is 5.26 Å². The molecule has 0 spiro atoms. The largest absolute Gasteiger partial charge is 0.508 e. The second-order valence-electron chi connectivity index (χ2n) is 7.08. The van der Waals surface area contributed by atoms with Crippen LogP contribution in [0.15, 0.2) is 48.5 Å². The number of aromatic nitrogens is 3. The first-order chi connectivity index (χ1) is 14.0. The molecular weight excluding hydrogens is 362 g/mol. The first-order valence-electron chi connectivity index (χ1n) is 9.36. The Bertz CT molecular complexity index is 1270. The Balaban J connectivity index is 1.77. The number of anilines is 1. The van der Waals surface area contributed by atoms with E-state index >= 15 is 0 Å². The Labute approximate surface area is 169 Å². The normalized spacial score (nSPS) is 10.8. The maximum atomic E-state index is 9.67.